The third kappa shape index (κ3) is 78.7. The highest BCUT2D eigenvalue weighted by atomic mass is 35.5. The van der Waals surface area contributed by atoms with E-state index in [1.54, 1.807) is 0 Å². The van der Waals surface area contributed by atoms with E-state index in [4.69, 9.17) is 31.4 Å². The minimum Gasteiger partial charge on any atom is -0.481 e. The van der Waals surface area contributed by atoms with E-state index in [9.17, 15) is 4.79 Å². The van der Waals surface area contributed by atoms with Crippen LogP contribution in [-0.2, 0) is 19.1 Å². The monoisotopic (exact) mass is 256 g/mol. The lowest BCUT2D eigenvalue weighted by molar-refractivity contribution is -0.141. The summed E-state index contributed by atoms with van der Waals surface area (Å²) in [5.74, 6) is -1.89. The first kappa shape index (κ1) is 20.2. The SMILES string of the molecule is CC(=O)O.CC(=O)O.CCCC(=O)OCCl. The van der Waals surface area contributed by atoms with Gasteiger partial charge in [0, 0.05) is 20.3 Å². The first-order valence-corrected chi connectivity index (χ1v) is 4.91. The zero-order valence-electron chi connectivity index (χ0n) is 9.53. The molecule has 6 nitrogen and oxygen atoms in total. The van der Waals surface area contributed by atoms with Crippen LogP contribution in [0.1, 0.15) is 33.6 Å². The Morgan fingerprint density at radius 1 is 1.12 bits per heavy atom. The number of ether oxygens (including phenoxy) is 1. The standard InChI is InChI=1S/C5H9ClO2.2C2H4O2/c1-2-3-5(7)8-4-6;2*1-2(3)4/h2-4H2,1H3;2*1H3,(H,3,4). The van der Waals surface area contributed by atoms with Crippen LogP contribution in [-0.4, -0.2) is 34.2 Å². The first-order chi connectivity index (χ1) is 7.27. The van der Waals surface area contributed by atoms with Crippen LogP contribution in [0.25, 0.3) is 0 Å². The number of hydrogen-bond acceptors (Lipinski definition) is 4. The average molecular weight is 257 g/mol. The molecule has 16 heavy (non-hydrogen) atoms. The normalized spacial score (nSPS) is 7.50. The highest BCUT2D eigenvalue weighted by Crippen LogP contribution is 1.91. The van der Waals surface area contributed by atoms with Crippen LogP contribution in [0, 0.1) is 0 Å². The maximum Gasteiger partial charge on any atom is 0.306 e. The van der Waals surface area contributed by atoms with Crippen LogP contribution < -0.4 is 0 Å². The lowest BCUT2D eigenvalue weighted by Crippen LogP contribution is -2.00. The van der Waals surface area contributed by atoms with E-state index < -0.39 is 11.9 Å². The average Bonchev–Trinajstić information content (AvgIpc) is 2.02. The number of alkyl halides is 1. The summed E-state index contributed by atoms with van der Waals surface area (Å²) >= 11 is 5.09. The molecule has 7 heteroatoms. The largest absolute Gasteiger partial charge is 0.481 e. The molecule has 0 fully saturated rings. The minimum absolute atomic E-state index is 0.0289. The van der Waals surface area contributed by atoms with Crippen LogP contribution >= 0.6 is 11.6 Å². The van der Waals surface area contributed by atoms with Crippen molar-refractivity contribution in [3.05, 3.63) is 0 Å². The molecule has 0 aromatic rings. The maximum absolute atomic E-state index is 10.3. The van der Waals surface area contributed by atoms with Gasteiger partial charge in [-0.2, -0.15) is 0 Å². The van der Waals surface area contributed by atoms with Crippen molar-refractivity contribution in [2.45, 2.75) is 33.6 Å². The lowest BCUT2D eigenvalue weighted by Gasteiger charge is -1.94. The van der Waals surface area contributed by atoms with Gasteiger partial charge in [-0.1, -0.05) is 18.5 Å². The molecule has 0 rings (SSSR count). The molecule has 0 saturated heterocycles. The van der Waals surface area contributed by atoms with Gasteiger partial charge in [-0.15, -0.1) is 0 Å². The molecule has 0 amide bonds. The Bertz CT molecular complexity index is 176. The van der Waals surface area contributed by atoms with Gasteiger partial charge in [0.25, 0.3) is 11.9 Å². The number of hydrogen-bond donors (Lipinski definition) is 2. The third-order valence-electron chi connectivity index (χ3n) is 0.670. The van der Waals surface area contributed by atoms with Gasteiger partial charge in [0.05, 0.1) is 0 Å². The summed E-state index contributed by atoms with van der Waals surface area (Å²) in [6.07, 6.45) is 1.28. The highest BCUT2D eigenvalue weighted by molar-refractivity contribution is 6.17. The second-order valence-electron chi connectivity index (χ2n) is 2.41. The number of carboxylic acid groups (broad SMARTS) is 2. The quantitative estimate of drug-likeness (QED) is 0.589. The van der Waals surface area contributed by atoms with E-state index in [-0.39, 0.29) is 12.0 Å². The molecule has 0 aliphatic heterocycles. The van der Waals surface area contributed by atoms with E-state index in [1.165, 1.54) is 0 Å². The van der Waals surface area contributed by atoms with Crippen LogP contribution in [0.15, 0.2) is 0 Å². The number of aliphatic carboxylic acids is 2. The molecule has 0 bridgehead atoms. The highest BCUT2D eigenvalue weighted by Gasteiger charge is 1.96. The molecule has 0 unspecified atom stereocenters. The van der Waals surface area contributed by atoms with Gasteiger partial charge in [-0.05, 0) is 6.42 Å². The predicted molar refractivity (Wildman–Crippen MR) is 58.3 cm³/mol. The summed E-state index contributed by atoms with van der Waals surface area (Å²) in [5, 5.41) is 14.8. The number of halogens is 1. The number of rotatable bonds is 3. The second-order valence-corrected chi connectivity index (χ2v) is 2.63. The smallest absolute Gasteiger partial charge is 0.306 e. The van der Waals surface area contributed by atoms with Crippen LogP contribution in [0.2, 0.25) is 0 Å². The number of carbonyl (C=O) groups excluding carboxylic acids is 1. The van der Waals surface area contributed by atoms with Crippen LogP contribution in [0.5, 0.6) is 0 Å². The molecule has 0 aliphatic carbocycles. The number of carboxylic acids is 2. The Hall–Kier alpha value is -1.30. The van der Waals surface area contributed by atoms with Crippen molar-refractivity contribution >= 4 is 29.5 Å². The molecule has 0 aliphatic rings. The summed E-state index contributed by atoms with van der Waals surface area (Å²) in [5.41, 5.74) is 0. The summed E-state index contributed by atoms with van der Waals surface area (Å²) in [6.45, 7) is 4.08. The molecule has 2 N–H and O–H groups in total. The molecule has 0 atom stereocenters. The van der Waals surface area contributed by atoms with Gasteiger partial charge in [0.2, 0.25) is 0 Å². The fraction of sp³-hybridized carbons (Fsp3) is 0.667. The summed E-state index contributed by atoms with van der Waals surface area (Å²) in [4.78, 5) is 28.3. The zero-order chi connectivity index (χ0) is 13.6. The van der Waals surface area contributed by atoms with Crippen molar-refractivity contribution in [1.82, 2.24) is 0 Å². The summed E-state index contributed by atoms with van der Waals surface area (Å²) < 4.78 is 4.41. The fourth-order valence-corrected chi connectivity index (χ4v) is 0.459. The first-order valence-electron chi connectivity index (χ1n) is 4.38. The third-order valence-corrected chi connectivity index (χ3v) is 0.779. The number of esters is 1. The fourth-order valence-electron chi connectivity index (χ4n) is 0.337. The van der Waals surface area contributed by atoms with Gasteiger partial charge in [-0.25, -0.2) is 0 Å². The number of carbonyl (C=O) groups is 3. The van der Waals surface area contributed by atoms with E-state index in [0.717, 1.165) is 20.3 Å². The van der Waals surface area contributed by atoms with Crippen molar-refractivity contribution in [2.24, 2.45) is 0 Å². The Morgan fingerprint density at radius 3 is 1.62 bits per heavy atom. The van der Waals surface area contributed by atoms with Crippen molar-refractivity contribution in [2.75, 3.05) is 6.07 Å². The van der Waals surface area contributed by atoms with E-state index in [2.05, 4.69) is 4.74 Å². The Labute approximate surface area is 99.2 Å². The minimum atomic E-state index is -0.833. The van der Waals surface area contributed by atoms with E-state index >= 15 is 0 Å². The molecule has 0 spiro atoms. The van der Waals surface area contributed by atoms with Gasteiger partial charge in [-0.3, -0.25) is 14.4 Å². The summed E-state index contributed by atoms with van der Waals surface area (Å²) in [6, 6.07) is -0.0289. The Balaban J connectivity index is -0.000000179. The van der Waals surface area contributed by atoms with Gasteiger partial charge in [0.1, 0.15) is 0 Å². The van der Waals surface area contributed by atoms with Crippen molar-refractivity contribution < 1.29 is 29.3 Å². The Morgan fingerprint density at radius 2 is 1.44 bits per heavy atom. The summed E-state index contributed by atoms with van der Waals surface area (Å²) in [7, 11) is 0. The van der Waals surface area contributed by atoms with Gasteiger partial charge < -0.3 is 14.9 Å². The van der Waals surface area contributed by atoms with Crippen LogP contribution in [0.4, 0.5) is 0 Å². The molecular weight excluding hydrogens is 240 g/mol. The lowest BCUT2D eigenvalue weighted by atomic mass is 10.3. The van der Waals surface area contributed by atoms with Crippen molar-refractivity contribution in [3.63, 3.8) is 0 Å². The second kappa shape index (κ2) is 16.1. The topological polar surface area (TPSA) is 101 Å². The maximum atomic E-state index is 10.3. The van der Waals surface area contributed by atoms with E-state index in [0.29, 0.717) is 6.42 Å². The van der Waals surface area contributed by atoms with Crippen molar-refractivity contribution in [3.8, 4) is 0 Å². The molecule has 96 valence electrons. The predicted octanol–water partition coefficient (Wildman–Crippen LogP) is 1.71. The molecule has 0 aromatic carbocycles. The van der Waals surface area contributed by atoms with Gasteiger partial charge in [0.15, 0.2) is 6.07 Å². The molecule has 0 radical (unpaired) electrons. The van der Waals surface area contributed by atoms with Gasteiger partial charge >= 0.3 is 5.97 Å². The molecule has 0 aromatic heterocycles. The zero-order valence-corrected chi connectivity index (χ0v) is 10.3. The Kier molecular flexibility index (Phi) is 20.3. The van der Waals surface area contributed by atoms with Crippen molar-refractivity contribution in [1.29, 1.82) is 0 Å². The molecule has 0 heterocycles. The van der Waals surface area contributed by atoms with E-state index in [1.807, 2.05) is 6.92 Å². The van der Waals surface area contributed by atoms with Crippen LogP contribution in [0.3, 0.4) is 0 Å². The molecule has 0 saturated carbocycles. The molecular formula is C9H17ClO6.